The largest absolute Gasteiger partial charge is 0.483 e. The van der Waals surface area contributed by atoms with E-state index in [9.17, 15) is 19.2 Å². The zero-order valence-electron chi connectivity index (χ0n) is 21.0. The quantitative estimate of drug-likeness (QED) is 0.340. The molecule has 10 heteroatoms. The highest BCUT2D eigenvalue weighted by Crippen LogP contribution is 2.34. The summed E-state index contributed by atoms with van der Waals surface area (Å²) < 4.78 is 27.6. The number of ether oxygens (including phenoxy) is 1. The van der Waals surface area contributed by atoms with Crippen LogP contribution in [-0.2, 0) is 7.05 Å². The number of halogens is 1. The molecule has 9 nitrogen and oxygen atoms in total. The third kappa shape index (κ3) is 4.14. The van der Waals surface area contributed by atoms with Crippen LogP contribution in [0.4, 0.5) is 4.39 Å². The van der Waals surface area contributed by atoms with E-state index in [0.29, 0.717) is 38.9 Å². The number of benzene rings is 2. The molecular formula is C28H22FN5O4. The highest BCUT2D eigenvalue weighted by atomic mass is 19.1. The fourth-order valence-electron chi connectivity index (χ4n) is 4.56. The summed E-state index contributed by atoms with van der Waals surface area (Å²) in [5.41, 5.74) is 8.23. The maximum absolute atomic E-state index is 13.6. The minimum atomic E-state index is -0.940. The number of aryl methyl sites for hydroxylation is 2. The van der Waals surface area contributed by atoms with Crippen molar-refractivity contribution in [3.05, 3.63) is 86.7 Å². The first-order chi connectivity index (χ1) is 18.1. The van der Waals surface area contributed by atoms with Gasteiger partial charge in [-0.2, -0.15) is 14.8 Å². The second-order valence-corrected chi connectivity index (χ2v) is 9.10. The molecule has 0 aliphatic rings. The zero-order valence-corrected chi connectivity index (χ0v) is 21.0. The van der Waals surface area contributed by atoms with Gasteiger partial charge < -0.3 is 14.9 Å². The molecule has 190 valence electrons. The first kappa shape index (κ1) is 24.6. The van der Waals surface area contributed by atoms with Crippen molar-refractivity contribution >= 4 is 27.8 Å². The van der Waals surface area contributed by atoms with Gasteiger partial charge in [0.05, 0.1) is 10.9 Å². The lowest BCUT2D eigenvalue weighted by molar-refractivity contribution is 0.0987. The van der Waals surface area contributed by atoms with Crippen LogP contribution in [0, 0.1) is 31.1 Å². The van der Waals surface area contributed by atoms with Gasteiger partial charge in [-0.15, -0.1) is 0 Å². The SMILES string of the molecule is Cc1cc([C@@H](C)Oc2ccc(F)nc2C(N)=O)c2oc(-c3cc(C#N)c4nn(C)cc4c3)c(C)c(=O)c2c1. The van der Waals surface area contributed by atoms with Crippen molar-refractivity contribution in [3.63, 3.8) is 0 Å². The van der Waals surface area contributed by atoms with Crippen LogP contribution in [-0.4, -0.2) is 20.7 Å². The summed E-state index contributed by atoms with van der Waals surface area (Å²) in [6, 6.07) is 11.5. The number of hydrogen-bond donors (Lipinski definition) is 1. The number of aromatic nitrogens is 3. The van der Waals surface area contributed by atoms with E-state index >= 15 is 0 Å². The number of primary amides is 1. The van der Waals surface area contributed by atoms with E-state index in [4.69, 9.17) is 14.9 Å². The van der Waals surface area contributed by atoms with Gasteiger partial charge in [-0.3, -0.25) is 14.3 Å². The van der Waals surface area contributed by atoms with E-state index in [2.05, 4.69) is 16.2 Å². The Hall–Kier alpha value is -5.04. The van der Waals surface area contributed by atoms with Crippen LogP contribution in [0.15, 0.2) is 51.8 Å². The molecule has 1 atom stereocenters. The standard InChI is InChI=1S/C28H22FN5O4/c1-13-7-19(15(3)37-21-5-6-22(29)32-24(21)28(31)36)27-20(8-13)25(35)14(2)26(38-27)16-9-17(11-30)23-18(10-16)12-34(4)33-23/h5-10,12,15H,1-4H3,(H2,31,36)/t15-/m1/s1. The number of nitrogens with two attached hydrogens (primary N) is 1. The molecule has 0 spiro atoms. The van der Waals surface area contributed by atoms with Gasteiger partial charge in [-0.25, -0.2) is 4.98 Å². The van der Waals surface area contributed by atoms with Crippen LogP contribution in [0.5, 0.6) is 5.75 Å². The van der Waals surface area contributed by atoms with Crippen molar-refractivity contribution in [3.8, 4) is 23.1 Å². The van der Waals surface area contributed by atoms with Gasteiger partial charge in [0.1, 0.15) is 29.0 Å². The number of nitrogens with zero attached hydrogens (tertiary/aromatic N) is 4. The smallest absolute Gasteiger partial charge is 0.271 e. The molecule has 2 aromatic carbocycles. The van der Waals surface area contributed by atoms with Crippen LogP contribution < -0.4 is 15.9 Å². The van der Waals surface area contributed by atoms with Crippen LogP contribution in [0.1, 0.15) is 45.8 Å². The molecular weight excluding hydrogens is 489 g/mol. The molecule has 0 aliphatic carbocycles. The topological polar surface area (TPSA) is 137 Å². The van der Waals surface area contributed by atoms with Crippen molar-refractivity contribution in [2.24, 2.45) is 12.8 Å². The fraction of sp³-hybridized carbons (Fsp3) is 0.179. The Balaban J connectivity index is 1.71. The van der Waals surface area contributed by atoms with Crippen LogP contribution in [0.2, 0.25) is 0 Å². The van der Waals surface area contributed by atoms with Gasteiger partial charge in [0.15, 0.2) is 16.9 Å². The summed E-state index contributed by atoms with van der Waals surface area (Å²) in [6.07, 6.45) is 1.04. The minimum Gasteiger partial charge on any atom is -0.483 e. The maximum atomic E-state index is 13.6. The highest BCUT2D eigenvalue weighted by molar-refractivity contribution is 5.93. The molecule has 0 aliphatic heterocycles. The molecule has 0 saturated carbocycles. The molecule has 2 N–H and O–H groups in total. The summed E-state index contributed by atoms with van der Waals surface area (Å²) in [4.78, 5) is 28.9. The molecule has 0 fully saturated rings. The van der Waals surface area contributed by atoms with Crippen molar-refractivity contribution in [2.75, 3.05) is 0 Å². The highest BCUT2D eigenvalue weighted by Gasteiger charge is 2.23. The lowest BCUT2D eigenvalue weighted by atomic mass is 9.98. The Kier molecular flexibility index (Phi) is 5.91. The van der Waals surface area contributed by atoms with E-state index in [1.54, 1.807) is 50.0 Å². The van der Waals surface area contributed by atoms with Crippen molar-refractivity contribution in [1.82, 2.24) is 14.8 Å². The lowest BCUT2D eigenvalue weighted by Gasteiger charge is -2.19. The predicted octanol–water partition coefficient (Wildman–Crippen LogP) is 4.61. The molecule has 1 amide bonds. The average Bonchev–Trinajstić information content (AvgIpc) is 3.26. The van der Waals surface area contributed by atoms with Crippen LogP contribution in [0.3, 0.4) is 0 Å². The molecule has 5 aromatic rings. The summed E-state index contributed by atoms with van der Waals surface area (Å²) >= 11 is 0. The van der Waals surface area contributed by atoms with Crippen molar-refractivity contribution in [2.45, 2.75) is 26.9 Å². The average molecular weight is 512 g/mol. The fourth-order valence-corrected chi connectivity index (χ4v) is 4.56. The van der Waals surface area contributed by atoms with Crippen LogP contribution >= 0.6 is 0 Å². The zero-order chi connectivity index (χ0) is 27.3. The first-order valence-electron chi connectivity index (χ1n) is 11.7. The molecule has 0 radical (unpaired) electrons. The number of pyridine rings is 1. The number of carbonyl (C=O) groups is 1. The van der Waals surface area contributed by atoms with E-state index in [1.165, 1.54) is 6.07 Å². The van der Waals surface area contributed by atoms with Gasteiger partial charge in [-0.05, 0) is 62.7 Å². The van der Waals surface area contributed by atoms with Gasteiger partial charge >= 0.3 is 0 Å². The third-order valence-electron chi connectivity index (χ3n) is 6.30. The maximum Gasteiger partial charge on any atom is 0.271 e. The van der Waals surface area contributed by atoms with Crippen molar-refractivity contribution in [1.29, 1.82) is 5.26 Å². The minimum absolute atomic E-state index is 0.00331. The van der Waals surface area contributed by atoms with E-state index in [1.807, 2.05) is 13.0 Å². The van der Waals surface area contributed by atoms with Gasteiger partial charge in [0.2, 0.25) is 5.95 Å². The second kappa shape index (κ2) is 9.12. The van der Waals surface area contributed by atoms with E-state index in [0.717, 1.165) is 17.0 Å². The number of rotatable bonds is 5. The normalized spacial score (nSPS) is 12.0. The van der Waals surface area contributed by atoms with Gasteiger partial charge in [-0.1, -0.05) is 0 Å². The van der Waals surface area contributed by atoms with Gasteiger partial charge in [0, 0.05) is 35.3 Å². The van der Waals surface area contributed by atoms with Gasteiger partial charge in [0.25, 0.3) is 5.91 Å². The summed E-state index contributed by atoms with van der Waals surface area (Å²) in [7, 11) is 1.76. The third-order valence-corrected chi connectivity index (χ3v) is 6.30. The first-order valence-corrected chi connectivity index (χ1v) is 11.7. The molecule has 38 heavy (non-hydrogen) atoms. The number of hydrogen-bond acceptors (Lipinski definition) is 7. The Morgan fingerprint density at radius 2 is 2.00 bits per heavy atom. The Morgan fingerprint density at radius 3 is 2.71 bits per heavy atom. The molecule has 0 bridgehead atoms. The van der Waals surface area contributed by atoms with E-state index in [-0.39, 0.29) is 22.5 Å². The van der Waals surface area contributed by atoms with Crippen molar-refractivity contribution < 1.29 is 18.3 Å². The van der Waals surface area contributed by atoms with E-state index < -0.39 is 18.0 Å². The lowest BCUT2D eigenvalue weighted by Crippen LogP contribution is -2.17. The van der Waals surface area contributed by atoms with Crippen LogP contribution in [0.25, 0.3) is 33.2 Å². The second-order valence-electron chi connectivity index (χ2n) is 9.10. The summed E-state index contributed by atoms with van der Waals surface area (Å²) in [5, 5.41) is 15.1. The monoisotopic (exact) mass is 511 g/mol. The number of carbonyl (C=O) groups excluding carboxylic acids is 1. The number of amides is 1. The predicted molar refractivity (Wildman–Crippen MR) is 138 cm³/mol. The molecule has 0 saturated heterocycles. The summed E-state index contributed by atoms with van der Waals surface area (Å²) in [6.45, 7) is 5.21. The Bertz CT molecular complexity index is 1880. The summed E-state index contributed by atoms with van der Waals surface area (Å²) in [5.74, 6) is -1.50. The molecule has 5 rings (SSSR count). The molecule has 3 heterocycles. The Morgan fingerprint density at radius 1 is 1.24 bits per heavy atom. The Labute approximate surface area is 215 Å². The molecule has 0 unspecified atom stereocenters. The number of fused-ring (bicyclic) bond motifs is 2. The molecule has 3 aromatic heterocycles. The number of nitriles is 1.